The van der Waals surface area contributed by atoms with Crippen molar-refractivity contribution < 1.29 is 21.6 Å². The number of imidazole rings is 1. The fourth-order valence-corrected chi connectivity index (χ4v) is 3.55. The molecule has 0 fully saturated rings. The molecule has 2 aromatic carbocycles. The van der Waals surface area contributed by atoms with Crippen LogP contribution in [0.5, 0.6) is 0 Å². The normalized spacial score (nSPS) is 12.3. The van der Waals surface area contributed by atoms with E-state index in [1.54, 1.807) is 12.1 Å². The lowest BCUT2D eigenvalue weighted by atomic mass is 10.2. The molecular formula is C18H15F3N2O2S2. The van der Waals surface area contributed by atoms with Gasteiger partial charge < -0.3 is 0 Å². The first-order valence-electron chi connectivity index (χ1n) is 7.71. The predicted molar refractivity (Wildman–Crippen MR) is 98.9 cm³/mol. The van der Waals surface area contributed by atoms with Crippen LogP contribution < -0.4 is 0 Å². The zero-order valence-corrected chi connectivity index (χ0v) is 16.0. The first-order valence-corrected chi connectivity index (χ1v) is 10.8. The highest BCUT2D eigenvalue weighted by Gasteiger charge is 2.35. The minimum atomic E-state index is -4.59. The summed E-state index contributed by atoms with van der Waals surface area (Å²) in [6, 6.07) is 12.6. The Balaban J connectivity index is 2.14. The molecule has 0 atom stereocenters. The molecule has 0 bridgehead atoms. The maximum Gasteiger partial charge on any atom is 0.434 e. The molecule has 4 nitrogen and oxygen atoms in total. The SMILES string of the molecule is CSc1ccc(-n2cc(C(F)(F)F)nc2-c2ccc(S(C)(=O)=O)cc2)cc1. The first-order chi connectivity index (χ1) is 12.6. The van der Waals surface area contributed by atoms with E-state index in [0.29, 0.717) is 11.3 Å². The van der Waals surface area contributed by atoms with Gasteiger partial charge in [-0.05, 0) is 54.8 Å². The van der Waals surface area contributed by atoms with Gasteiger partial charge in [0.2, 0.25) is 0 Å². The second-order valence-electron chi connectivity index (χ2n) is 5.81. The molecule has 142 valence electrons. The van der Waals surface area contributed by atoms with E-state index in [1.807, 2.05) is 18.4 Å². The number of alkyl halides is 3. The van der Waals surface area contributed by atoms with Crippen LogP contribution in [0.15, 0.2) is 64.5 Å². The Morgan fingerprint density at radius 2 is 1.59 bits per heavy atom. The largest absolute Gasteiger partial charge is 0.434 e. The van der Waals surface area contributed by atoms with Crippen molar-refractivity contribution in [3.63, 3.8) is 0 Å². The van der Waals surface area contributed by atoms with E-state index in [2.05, 4.69) is 4.98 Å². The third-order valence-electron chi connectivity index (χ3n) is 3.89. The molecule has 27 heavy (non-hydrogen) atoms. The van der Waals surface area contributed by atoms with Gasteiger partial charge >= 0.3 is 6.18 Å². The van der Waals surface area contributed by atoms with E-state index in [9.17, 15) is 21.6 Å². The van der Waals surface area contributed by atoms with Gasteiger partial charge in [-0.25, -0.2) is 13.4 Å². The van der Waals surface area contributed by atoms with Crippen LogP contribution in [0, 0.1) is 0 Å². The van der Waals surface area contributed by atoms with E-state index >= 15 is 0 Å². The minimum Gasteiger partial charge on any atom is -0.299 e. The summed E-state index contributed by atoms with van der Waals surface area (Å²) >= 11 is 1.52. The average molecular weight is 412 g/mol. The van der Waals surface area contributed by atoms with Crippen LogP contribution in [-0.4, -0.2) is 30.5 Å². The highest BCUT2D eigenvalue weighted by Crippen LogP contribution is 2.33. The molecule has 1 heterocycles. The molecule has 0 amide bonds. The van der Waals surface area contributed by atoms with Crippen molar-refractivity contribution in [1.82, 2.24) is 9.55 Å². The number of thioether (sulfide) groups is 1. The van der Waals surface area contributed by atoms with E-state index in [-0.39, 0.29) is 10.7 Å². The van der Waals surface area contributed by atoms with Gasteiger partial charge in [-0.2, -0.15) is 13.2 Å². The number of rotatable bonds is 4. The van der Waals surface area contributed by atoms with Gasteiger partial charge in [0, 0.05) is 28.6 Å². The summed E-state index contributed by atoms with van der Waals surface area (Å²) in [5.74, 6) is 0.0827. The van der Waals surface area contributed by atoms with E-state index in [4.69, 9.17) is 0 Å². The fraction of sp³-hybridized carbons (Fsp3) is 0.167. The summed E-state index contributed by atoms with van der Waals surface area (Å²) in [5.41, 5.74) is -0.108. The van der Waals surface area contributed by atoms with Crippen LogP contribution >= 0.6 is 11.8 Å². The van der Waals surface area contributed by atoms with Gasteiger partial charge in [0.15, 0.2) is 15.5 Å². The van der Waals surface area contributed by atoms with E-state index < -0.39 is 21.7 Å². The van der Waals surface area contributed by atoms with Gasteiger partial charge in [0.1, 0.15) is 5.82 Å². The van der Waals surface area contributed by atoms with Crippen LogP contribution in [0.2, 0.25) is 0 Å². The molecule has 0 aliphatic carbocycles. The van der Waals surface area contributed by atoms with Gasteiger partial charge in [0.25, 0.3) is 0 Å². The highest BCUT2D eigenvalue weighted by molar-refractivity contribution is 7.98. The van der Waals surface area contributed by atoms with Crippen LogP contribution in [0.4, 0.5) is 13.2 Å². The Bertz CT molecular complexity index is 1060. The van der Waals surface area contributed by atoms with Crippen LogP contribution in [0.3, 0.4) is 0 Å². The molecule has 0 unspecified atom stereocenters. The number of aromatic nitrogens is 2. The summed E-state index contributed by atoms with van der Waals surface area (Å²) in [5, 5.41) is 0. The van der Waals surface area contributed by atoms with Gasteiger partial charge in [-0.15, -0.1) is 11.8 Å². The Morgan fingerprint density at radius 3 is 2.07 bits per heavy atom. The van der Waals surface area contributed by atoms with Crippen molar-refractivity contribution in [3.8, 4) is 17.1 Å². The smallest absolute Gasteiger partial charge is 0.299 e. The molecule has 0 spiro atoms. The van der Waals surface area contributed by atoms with Crippen LogP contribution in [0.1, 0.15) is 5.69 Å². The zero-order valence-electron chi connectivity index (χ0n) is 14.4. The van der Waals surface area contributed by atoms with Gasteiger partial charge in [0.05, 0.1) is 4.90 Å². The number of hydrogen-bond acceptors (Lipinski definition) is 4. The number of hydrogen-bond donors (Lipinski definition) is 0. The summed E-state index contributed by atoms with van der Waals surface area (Å²) in [6.07, 6.45) is -0.680. The third-order valence-corrected chi connectivity index (χ3v) is 5.76. The minimum absolute atomic E-state index is 0.0827. The van der Waals surface area contributed by atoms with E-state index in [0.717, 1.165) is 17.3 Å². The van der Waals surface area contributed by atoms with Gasteiger partial charge in [-0.3, -0.25) is 4.57 Å². The standard InChI is InChI=1S/C18H15F3N2O2S2/c1-26-14-7-5-13(6-8-14)23-11-16(18(19,20)21)22-17(23)12-3-9-15(10-4-12)27(2,24)25/h3-11H,1-2H3. The lowest BCUT2D eigenvalue weighted by molar-refractivity contribution is -0.140. The molecule has 3 aromatic rings. The summed E-state index contributed by atoms with van der Waals surface area (Å²) in [6.45, 7) is 0. The molecule has 3 rings (SSSR count). The van der Waals surface area contributed by atoms with E-state index in [1.165, 1.54) is 40.6 Å². The maximum absolute atomic E-state index is 13.2. The third kappa shape index (κ3) is 4.19. The van der Waals surface area contributed by atoms with Crippen molar-refractivity contribution in [2.24, 2.45) is 0 Å². The topological polar surface area (TPSA) is 52.0 Å². The molecule has 9 heteroatoms. The number of halogens is 3. The second kappa shape index (κ2) is 7.05. The van der Waals surface area contributed by atoms with Crippen molar-refractivity contribution in [3.05, 3.63) is 60.4 Å². The zero-order chi connectivity index (χ0) is 19.8. The van der Waals surface area contributed by atoms with Crippen LogP contribution in [0.25, 0.3) is 17.1 Å². The predicted octanol–water partition coefficient (Wildman–Crippen LogP) is 4.68. The number of benzene rings is 2. The number of sulfone groups is 1. The summed E-state index contributed by atoms with van der Waals surface area (Å²) in [4.78, 5) is 4.81. The first kappa shape index (κ1) is 19.5. The second-order valence-corrected chi connectivity index (χ2v) is 8.71. The molecule has 0 saturated heterocycles. The Labute approximate surface area is 159 Å². The fourth-order valence-electron chi connectivity index (χ4n) is 2.51. The quantitative estimate of drug-likeness (QED) is 0.584. The van der Waals surface area contributed by atoms with Crippen molar-refractivity contribution in [2.45, 2.75) is 16.0 Å². The summed E-state index contributed by atoms with van der Waals surface area (Å²) in [7, 11) is -3.40. The van der Waals surface area contributed by atoms with Gasteiger partial charge in [-0.1, -0.05) is 0 Å². The molecule has 1 aromatic heterocycles. The average Bonchev–Trinajstić information content (AvgIpc) is 3.07. The van der Waals surface area contributed by atoms with Crippen molar-refractivity contribution in [2.75, 3.05) is 12.5 Å². The Morgan fingerprint density at radius 1 is 1.00 bits per heavy atom. The molecule has 0 N–H and O–H groups in total. The molecule has 0 aliphatic heterocycles. The molecule has 0 aliphatic rings. The summed E-state index contributed by atoms with van der Waals surface area (Å²) < 4.78 is 64.1. The highest BCUT2D eigenvalue weighted by atomic mass is 32.2. The monoisotopic (exact) mass is 412 g/mol. The van der Waals surface area contributed by atoms with Crippen LogP contribution in [-0.2, 0) is 16.0 Å². The molecule has 0 radical (unpaired) electrons. The maximum atomic E-state index is 13.2. The lowest BCUT2D eigenvalue weighted by Crippen LogP contribution is -2.05. The Hall–Kier alpha value is -2.26. The van der Waals surface area contributed by atoms with Crippen molar-refractivity contribution in [1.29, 1.82) is 0 Å². The Kier molecular flexibility index (Phi) is 5.09. The molecular weight excluding hydrogens is 397 g/mol. The van der Waals surface area contributed by atoms with Crippen molar-refractivity contribution >= 4 is 21.6 Å². The molecule has 0 saturated carbocycles. The number of nitrogens with zero attached hydrogens (tertiary/aromatic N) is 2. The lowest BCUT2D eigenvalue weighted by Gasteiger charge is -2.09.